The number of benzene rings is 1. The molecule has 0 saturated carbocycles. The zero-order chi connectivity index (χ0) is 10.1. The summed E-state index contributed by atoms with van der Waals surface area (Å²) < 4.78 is 11.1. The summed E-state index contributed by atoms with van der Waals surface area (Å²) in [5.41, 5.74) is 1.45. The SMILES string of the molecule is CS(=O)c1ccc(C(C)(C)C)cc1.O. The first-order valence-electron chi connectivity index (χ1n) is 4.35. The molecule has 3 heteroatoms. The second-order valence-corrected chi connectivity index (χ2v) is 5.61. The van der Waals surface area contributed by atoms with Gasteiger partial charge in [-0.15, -0.1) is 0 Å². The third kappa shape index (κ3) is 3.24. The Balaban J connectivity index is 0.00000169. The molecule has 1 atom stereocenters. The summed E-state index contributed by atoms with van der Waals surface area (Å²) in [5, 5.41) is 0. The highest BCUT2D eigenvalue weighted by Crippen LogP contribution is 2.22. The second-order valence-electron chi connectivity index (χ2n) is 4.23. The number of rotatable bonds is 1. The molecule has 0 fully saturated rings. The van der Waals surface area contributed by atoms with Crippen molar-refractivity contribution in [2.75, 3.05) is 6.26 Å². The predicted octanol–water partition coefficient (Wildman–Crippen LogP) is 1.90. The first-order valence-corrected chi connectivity index (χ1v) is 5.91. The van der Waals surface area contributed by atoms with Crippen LogP contribution in [0.1, 0.15) is 26.3 Å². The first kappa shape index (κ1) is 13.3. The van der Waals surface area contributed by atoms with Crippen LogP contribution < -0.4 is 0 Å². The maximum absolute atomic E-state index is 11.1. The van der Waals surface area contributed by atoms with Crippen molar-refractivity contribution in [3.8, 4) is 0 Å². The largest absolute Gasteiger partial charge is 0.412 e. The quantitative estimate of drug-likeness (QED) is 0.704. The lowest BCUT2D eigenvalue weighted by molar-refractivity contribution is 0.589. The zero-order valence-corrected chi connectivity index (χ0v) is 9.94. The Bertz CT molecular complexity index is 309. The van der Waals surface area contributed by atoms with Gasteiger partial charge < -0.3 is 5.48 Å². The van der Waals surface area contributed by atoms with E-state index in [1.807, 2.05) is 12.1 Å². The monoisotopic (exact) mass is 214 g/mol. The maximum Gasteiger partial charge on any atom is 0.0498 e. The average molecular weight is 214 g/mol. The first-order chi connectivity index (χ1) is 5.91. The Kier molecular flexibility index (Phi) is 4.49. The fraction of sp³-hybridized carbons (Fsp3) is 0.455. The summed E-state index contributed by atoms with van der Waals surface area (Å²) in [6, 6.07) is 7.99. The van der Waals surface area contributed by atoms with Gasteiger partial charge in [-0.25, -0.2) is 0 Å². The van der Waals surface area contributed by atoms with Crippen molar-refractivity contribution in [1.82, 2.24) is 0 Å². The van der Waals surface area contributed by atoms with Crippen molar-refractivity contribution in [1.29, 1.82) is 0 Å². The van der Waals surface area contributed by atoms with Gasteiger partial charge in [-0.1, -0.05) is 32.9 Å². The second kappa shape index (κ2) is 4.71. The van der Waals surface area contributed by atoms with E-state index in [4.69, 9.17) is 0 Å². The Morgan fingerprint density at radius 1 is 1.07 bits per heavy atom. The van der Waals surface area contributed by atoms with E-state index in [0.717, 1.165) is 4.90 Å². The minimum atomic E-state index is -0.864. The molecule has 0 radical (unpaired) electrons. The summed E-state index contributed by atoms with van der Waals surface area (Å²) in [5.74, 6) is 0. The van der Waals surface area contributed by atoms with Crippen LogP contribution in [0.25, 0.3) is 0 Å². The molecule has 0 heterocycles. The van der Waals surface area contributed by atoms with Gasteiger partial charge >= 0.3 is 0 Å². The Labute approximate surface area is 88.1 Å². The van der Waals surface area contributed by atoms with Crippen molar-refractivity contribution in [3.05, 3.63) is 29.8 Å². The highest BCUT2D eigenvalue weighted by atomic mass is 32.2. The van der Waals surface area contributed by atoms with Crippen LogP contribution in [0.4, 0.5) is 0 Å². The maximum atomic E-state index is 11.1. The van der Waals surface area contributed by atoms with E-state index < -0.39 is 10.8 Å². The highest BCUT2D eigenvalue weighted by Gasteiger charge is 2.12. The summed E-state index contributed by atoms with van der Waals surface area (Å²) >= 11 is 0. The van der Waals surface area contributed by atoms with Gasteiger partial charge in [0.15, 0.2) is 0 Å². The zero-order valence-electron chi connectivity index (χ0n) is 9.13. The van der Waals surface area contributed by atoms with Gasteiger partial charge in [0.25, 0.3) is 0 Å². The van der Waals surface area contributed by atoms with E-state index in [1.165, 1.54) is 5.56 Å². The topological polar surface area (TPSA) is 48.6 Å². The third-order valence-electron chi connectivity index (χ3n) is 2.05. The number of hydrogen-bond donors (Lipinski definition) is 0. The van der Waals surface area contributed by atoms with Gasteiger partial charge in [-0.3, -0.25) is 4.21 Å². The molecule has 0 spiro atoms. The molecule has 0 saturated heterocycles. The summed E-state index contributed by atoms with van der Waals surface area (Å²) in [4.78, 5) is 0.896. The Hall–Kier alpha value is -0.670. The molecular weight excluding hydrogens is 196 g/mol. The van der Waals surface area contributed by atoms with E-state index >= 15 is 0 Å². The van der Waals surface area contributed by atoms with Gasteiger partial charge in [0.2, 0.25) is 0 Å². The molecule has 0 amide bonds. The van der Waals surface area contributed by atoms with Crippen LogP contribution in [0, 0.1) is 0 Å². The van der Waals surface area contributed by atoms with Crippen LogP contribution in [-0.4, -0.2) is 15.9 Å². The molecular formula is C11H18O2S. The smallest absolute Gasteiger partial charge is 0.0498 e. The molecule has 80 valence electrons. The molecule has 14 heavy (non-hydrogen) atoms. The normalized spacial score (nSPS) is 13.1. The fourth-order valence-electron chi connectivity index (χ4n) is 1.15. The van der Waals surface area contributed by atoms with Crippen molar-refractivity contribution >= 4 is 10.8 Å². The molecule has 0 aromatic heterocycles. The van der Waals surface area contributed by atoms with E-state index in [9.17, 15) is 4.21 Å². The number of hydrogen-bond acceptors (Lipinski definition) is 1. The lowest BCUT2D eigenvalue weighted by Gasteiger charge is -2.18. The van der Waals surface area contributed by atoms with Crippen LogP contribution in [0.2, 0.25) is 0 Å². The molecule has 1 unspecified atom stereocenters. The van der Waals surface area contributed by atoms with E-state index in [2.05, 4.69) is 32.9 Å². The fourth-order valence-corrected chi connectivity index (χ4v) is 1.67. The lowest BCUT2D eigenvalue weighted by Crippen LogP contribution is -2.10. The lowest BCUT2D eigenvalue weighted by atomic mass is 9.87. The minimum Gasteiger partial charge on any atom is -0.412 e. The molecule has 1 aromatic rings. The highest BCUT2D eigenvalue weighted by molar-refractivity contribution is 7.84. The van der Waals surface area contributed by atoms with Gasteiger partial charge in [-0.2, -0.15) is 0 Å². The van der Waals surface area contributed by atoms with Crippen LogP contribution >= 0.6 is 0 Å². The Morgan fingerprint density at radius 3 is 1.79 bits per heavy atom. The molecule has 1 aromatic carbocycles. The molecule has 1 rings (SSSR count). The predicted molar refractivity (Wildman–Crippen MR) is 61.1 cm³/mol. The van der Waals surface area contributed by atoms with E-state index in [0.29, 0.717) is 0 Å². The molecule has 0 aliphatic carbocycles. The van der Waals surface area contributed by atoms with Crippen LogP contribution in [0.5, 0.6) is 0 Å². The Morgan fingerprint density at radius 2 is 1.50 bits per heavy atom. The summed E-state index contributed by atoms with van der Waals surface area (Å²) in [7, 11) is -0.864. The molecule has 2 nitrogen and oxygen atoms in total. The summed E-state index contributed by atoms with van der Waals surface area (Å²) in [6.07, 6.45) is 1.70. The van der Waals surface area contributed by atoms with Crippen molar-refractivity contribution in [2.24, 2.45) is 0 Å². The minimum absolute atomic E-state index is 0. The van der Waals surface area contributed by atoms with Gasteiger partial charge in [0.05, 0.1) is 0 Å². The molecule has 0 aliphatic heterocycles. The van der Waals surface area contributed by atoms with E-state index in [1.54, 1.807) is 6.26 Å². The molecule has 0 aliphatic rings. The van der Waals surface area contributed by atoms with Crippen LogP contribution in [0.3, 0.4) is 0 Å². The third-order valence-corrected chi connectivity index (χ3v) is 2.99. The van der Waals surface area contributed by atoms with Crippen molar-refractivity contribution < 1.29 is 9.69 Å². The van der Waals surface area contributed by atoms with Gasteiger partial charge in [0.1, 0.15) is 0 Å². The molecule has 0 bridgehead atoms. The van der Waals surface area contributed by atoms with Crippen LogP contribution in [-0.2, 0) is 16.2 Å². The molecule has 2 N–H and O–H groups in total. The van der Waals surface area contributed by atoms with Crippen LogP contribution in [0.15, 0.2) is 29.2 Å². The van der Waals surface area contributed by atoms with Crippen molar-refractivity contribution in [2.45, 2.75) is 31.1 Å². The standard InChI is InChI=1S/C11H16OS.H2O/c1-11(2,3)9-5-7-10(8-6-9)13(4)12;/h5-8H,1-4H3;1H2. The van der Waals surface area contributed by atoms with Gasteiger partial charge in [0, 0.05) is 22.0 Å². The van der Waals surface area contributed by atoms with Gasteiger partial charge in [-0.05, 0) is 23.1 Å². The summed E-state index contributed by atoms with van der Waals surface area (Å²) in [6.45, 7) is 6.51. The van der Waals surface area contributed by atoms with E-state index in [-0.39, 0.29) is 10.9 Å². The van der Waals surface area contributed by atoms with Crippen molar-refractivity contribution in [3.63, 3.8) is 0 Å². The average Bonchev–Trinajstić information content (AvgIpc) is 2.03.